The number of nitrogens with one attached hydrogen (secondary N) is 2. The summed E-state index contributed by atoms with van der Waals surface area (Å²) in [6.45, 7) is 2.15. The maximum absolute atomic E-state index is 12.9. The van der Waals surface area contributed by atoms with Crippen LogP contribution in [0, 0.1) is 4.77 Å². The molecule has 1 aliphatic rings. The minimum Gasteiger partial charge on any atom is -0.465 e. The van der Waals surface area contributed by atoms with Crippen molar-refractivity contribution in [2.24, 2.45) is 0 Å². The predicted octanol–water partition coefficient (Wildman–Crippen LogP) is 7.19. The van der Waals surface area contributed by atoms with Gasteiger partial charge in [0.1, 0.15) is 4.87 Å². The zero-order valence-electron chi connectivity index (χ0n) is 19.6. The summed E-state index contributed by atoms with van der Waals surface area (Å²) < 4.78 is 5.52. The lowest BCUT2D eigenvalue weighted by Crippen LogP contribution is -2.35. The molecule has 0 spiro atoms. The molecule has 1 unspecified atom stereocenters. The molecule has 0 saturated carbocycles. The minimum atomic E-state index is -0.653. The molecule has 2 aromatic heterocycles. The van der Waals surface area contributed by atoms with Crippen LogP contribution in [0.4, 0.5) is 11.5 Å². The maximum atomic E-state index is 12.9. The third kappa shape index (κ3) is 3.44. The first kappa shape index (κ1) is 22.6. The average molecular weight is 511 g/mol. The van der Waals surface area contributed by atoms with Crippen LogP contribution in [0.3, 0.4) is 0 Å². The van der Waals surface area contributed by atoms with E-state index < -0.39 is 10.8 Å². The molecule has 6 rings (SSSR count). The Labute approximate surface area is 217 Å². The number of thioether (sulfide) groups is 1. The quantitative estimate of drug-likeness (QED) is 0.197. The third-order valence-corrected chi connectivity index (χ3v) is 8.09. The Balaban J connectivity index is 1.68. The van der Waals surface area contributed by atoms with E-state index in [2.05, 4.69) is 46.1 Å². The van der Waals surface area contributed by atoms with Gasteiger partial charge in [0.2, 0.25) is 0 Å². The third-order valence-electron chi connectivity index (χ3n) is 6.51. The molecule has 2 N–H and O–H groups in total. The van der Waals surface area contributed by atoms with Crippen LogP contribution < -0.4 is 4.90 Å². The molecular formula is C28H22N4O2S2. The summed E-state index contributed by atoms with van der Waals surface area (Å²) in [5.41, 5.74) is 5.19. The molecule has 36 heavy (non-hydrogen) atoms. The number of aromatic nitrogens is 3. The van der Waals surface area contributed by atoms with E-state index in [4.69, 9.17) is 21.9 Å². The zero-order valence-corrected chi connectivity index (χ0v) is 21.2. The van der Waals surface area contributed by atoms with Crippen LogP contribution in [-0.2, 0) is 9.61 Å². The summed E-state index contributed by atoms with van der Waals surface area (Å²) in [5, 5.41) is 1.10. The zero-order chi connectivity index (χ0) is 24.9. The Morgan fingerprint density at radius 2 is 1.75 bits per heavy atom. The largest absolute Gasteiger partial charge is 0.465 e. The molecular weight excluding hydrogens is 488 g/mol. The molecule has 3 aromatic carbocycles. The first-order valence-corrected chi connectivity index (χ1v) is 12.7. The van der Waals surface area contributed by atoms with E-state index in [1.165, 1.54) is 7.11 Å². The normalized spacial score (nSPS) is 16.8. The highest BCUT2D eigenvalue weighted by molar-refractivity contribution is 8.01. The summed E-state index contributed by atoms with van der Waals surface area (Å²) in [5.74, 6) is 0.293. The van der Waals surface area contributed by atoms with Crippen molar-refractivity contribution in [3.8, 4) is 11.3 Å². The number of methoxy groups -OCH3 is 1. The first-order chi connectivity index (χ1) is 17.5. The van der Waals surface area contributed by atoms with Gasteiger partial charge in [-0.05, 0) is 42.9 Å². The highest BCUT2D eigenvalue weighted by Gasteiger charge is 2.48. The highest BCUT2D eigenvalue weighted by atomic mass is 32.2. The van der Waals surface area contributed by atoms with Gasteiger partial charge in [-0.25, -0.2) is 9.78 Å². The second-order valence-electron chi connectivity index (χ2n) is 8.61. The van der Waals surface area contributed by atoms with Gasteiger partial charge in [-0.1, -0.05) is 72.4 Å². The number of ether oxygens (including phenoxy) is 1. The van der Waals surface area contributed by atoms with Crippen molar-refractivity contribution in [3.05, 3.63) is 101 Å². The Morgan fingerprint density at radius 1 is 1.03 bits per heavy atom. The van der Waals surface area contributed by atoms with E-state index in [-0.39, 0.29) is 0 Å². The van der Waals surface area contributed by atoms with Gasteiger partial charge in [0.05, 0.1) is 29.0 Å². The van der Waals surface area contributed by atoms with Gasteiger partial charge in [0, 0.05) is 22.7 Å². The number of rotatable bonds is 4. The van der Waals surface area contributed by atoms with E-state index >= 15 is 0 Å². The molecule has 0 fully saturated rings. The number of carbonyl (C=O) groups excluding carboxylic acids is 1. The number of fused-ring (bicyclic) bond motifs is 2. The molecule has 0 radical (unpaired) electrons. The monoisotopic (exact) mass is 510 g/mol. The second-order valence-corrected chi connectivity index (χ2v) is 10.4. The number of para-hydroxylation sites is 2. The Morgan fingerprint density at radius 3 is 2.56 bits per heavy atom. The van der Waals surface area contributed by atoms with Gasteiger partial charge < -0.3 is 19.6 Å². The van der Waals surface area contributed by atoms with Crippen molar-refractivity contribution in [2.75, 3.05) is 12.0 Å². The van der Waals surface area contributed by atoms with Crippen molar-refractivity contribution in [3.63, 3.8) is 0 Å². The van der Waals surface area contributed by atoms with E-state index in [1.807, 2.05) is 54.7 Å². The number of hydrogen-bond donors (Lipinski definition) is 2. The van der Waals surface area contributed by atoms with Crippen molar-refractivity contribution in [1.82, 2.24) is 15.0 Å². The van der Waals surface area contributed by atoms with Crippen molar-refractivity contribution < 1.29 is 9.53 Å². The SMILES string of the molecule is COC(=O)c1ccccc1N1c2nc(=S)[nH]c(-c3ccccc3)c2SC1(C)c1c[nH]c2ccccc12. The molecule has 8 heteroatoms. The number of benzene rings is 3. The summed E-state index contributed by atoms with van der Waals surface area (Å²) in [4.78, 5) is 26.8. The maximum Gasteiger partial charge on any atom is 0.339 e. The Bertz CT molecular complexity index is 1680. The first-order valence-electron chi connectivity index (χ1n) is 11.4. The molecule has 0 amide bonds. The molecule has 0 aliphatic carbocycles. The molecule has 3 heterocycles. The van der Waals surface area contributed by atoms with E-state index in [1.54, 1.807) is 17.8 Å². The number of aromatic amines is 2. The number of carbonyl (C=O) groups is 1. The molecule has 0 saturated heterocycles. The summed E-state index contributed by atoms with van der Waals surface area (Å²) in [6, 6.07) is 25.8. The van der Waals surface area contributed by atoms with Crippen LogP contribution in [-0.4, -0.2) is 28.0 Å². The number of esters is 1. The van der Waals surface area contributed by atoms with Crippen molar-refractivity contribution in [2.45, 2.75) is 16.7 Å². The van der Waals surface area contributed by atoms with E-state index in [0.717, 1.165) is 32.6 Å². The number of anilines is 2. The fourth-order valence-electron chi connectivity index (χ4n) is 4.88. The van der Waals surface area contributed by atoms with Crippen LogP contribution in [0.1, 0.15) is 22.8 Å². The van der Waals surface area contributed by atoms with Gasteiger partial charge in [-0.15, -0.1) is 0 Å². The fraction of sp³-hybridized carbons (Fsp3) is 0.107. The van der Waals surface area contributed by atoms with Crippen molar-refractivity contribution in [1.29, 1.82) is 0 Å². The van der Waals surface area contributed by atoms with Gasteiger partial charge >= 0.3 is 5.97 Å². The molecule has 1 aliphatic heterocycles. The van der Waals surface area contributed by atoms with E-state index in [0.29, 0.717) is 21.8 Å². The highest BCUT2D eigenvalue weighted by Crippen LogP contribution is 2.61. The number of hydrogen-bond acceptors (Lipinski definition) is 6. The molecule has 178 valence electrons. The second kappa shape index (κ2) is 8.65. The van der Waals surface area contributed by atoms with Crippen LogP contribution >= 0.6 is 24.0 Å². The van der Waals surface area contributed by atoms with Gasteiger partial charge in [-0.2, -0.15) is 0 Å². The summed E-state index contributed by atoms with van der Waals surface area (Å²) in [7, 11) is 1.40. The Hall–Kier alpha value is -3.88. The predicted molar refractivity (Wildman–Crippen MR) is 146 cm³/mol. The van der Waals surface area contributed by atoms with Gasteiger partial charge in [0.15, 0.2) is 10.6 Å². The van der Waals surface area contributed by atoms with Crippen LogP contribution in [0.2, 0.25) is 0 Å². The van der Waals surface area contributed by atoms with Crippen LogP contribution in [0.25, 0.3) is 22.2 Å². The van der Waals surface area contributed by atoms with Gasteiger partial charge in [0.25, 0.3) is 0 Å². The lowest BCUT2D eigenvalue weighted by atomic mass is 10.0. The smallest absolute Gasteiger partial charge is 0.339 e. The van der Waals surface area contributed by atoms with Crippen molar-refractivity contribution >= 4 is 52.4 Å². The Kier molecular flexibility index (Phi) is 5.43. The van der Waals surface area contributed by atoms with E-state index in [9.17, 15) is 4.79 Å². The molecule has 5 aromatic rings. The molecule has 1 atom stereocenters. The lowest BCUT2D eigenvalue weighted by Gasteiger charge is -2.36. The van der Waals surface area contributed by atoms with Crippen LogP contribution in [0.5, 0.6) is 0 Å². The fourth-order valence-corrected chi connectivity index (χ4v) is 6.52. The van der Waals surface area contributed by atoms with Crippen LogP contribution in [0.15, 0.2) is 90.0 Å². The number of nitrogens with zero attached hydrogens (tertiary/aromatic N) is 2. The summed E-state index contributed by atoms with van der Waals surface area (Å²) in [6.07, 6.45) is 2.04. The lowest BCUT2D eigenvalue weighted by molar-refractivity contribution is 0.0601. The topological polar surface area (TPSA) is 74.0 Å². The number of H-pyrrole nitrogens is 2. The summed E-state index contributed by atoms with van der Waals surface area (Å²) >= 11 is 7.29. The average Bonchev–Trinajstić information content (AvgIpc) is 3.47. The minimum absolute atomic E-state index is 0.372. The van der Waals surface area contributed by atoms with Gasteiger partial charge in [-0.3, -0.25) is 0 Å². The molecule has 6 nitrogen and oxygen atoms in total. The molecule has 0 bridgehead atoms. The standard InChI is InChI=1S/C28H22N4O2S2/c1-28(20-16-29-21-14-8-6-12-18(20)21)32(22-15-9-7-13-19(22)26(33)34-2)25-24(36-28)23(30-27(35)31-25)17-10-4-3-5-11-17/h3-16,29H,1-2H3,(H,30,31,35).